The minimum atomic E-state index is -0.715. The molecule has 0 N–H and O–H groups in total. The lowest BCUT2D eigenvalue weighted by Gasteiger charge is -1.98. The minimum Gasteiger partial charge on any atom is -0.387 e. The second-order valence-electron chi connectivity index (χ2n) is 11.2. The molecule has 0 amide bonds. The van der Waals surface area contributed by atoms with Gasteiger partial charge in [-0.1, -0.05) is 225 Å². The zero-order valence-electron chi connectivity index (χ0n) is 29.4. The van der Waals surface area contributed by atoms with Gasteiger partial charge in [0.15, 0.2) is 0 Å². The molecule has 256 valence electrons. The monoisotopic (exact) mass is 638 g/mol. The molecule has 0 atom stereocenters. The molecule has 3 heteroatoms. The Bertz CT molecular complexity index is 1020. The number of ether oxygens (including phenoxy) is 1. The molecule has 0 spiro atoms. The fraction of sp³-hybridized carbons (Fsp3) is 0.409. The van der Waals surface area contributed by atoms with E-state index >= 15 is 0 Å². The molecule has 47 heavy (non-hydrogen) atoms. The lowest BCUT2D eigenvalue weighted by atomic mass is 10.1. The molecule has 0 aromatic carbocycles. The molecular weight excluding hydrogens is 576 g/mol. The zero-order chi connectivity index (χ0) is 34.1. The molecule has 0 aromatic heterocycles. The second-order valence-corrected chi connectivity index (χ2v) is 11.2. The van der Waals surface area contributed by atoms with Gasteiger partial charge < -0.3 is 4.74 Å². The third kappa shape index (κ3) is 38.1. The van der Waals surface area contributed by atoms with Crippen LogP contribution in [0.2, 0.25) is 0 Å². The molecule has 0 rings (SSSR count). The van der Waals surface area contributed by atoms with Gasteiger partial charge >= 0.3 is 11.9 Å². The quantitative estimate of drug-likeness (QED) is 0.0281. The van der Waals surface area contributed by atoms with E-state index in [1.165, 1.54) is 114 Å². The van der Waals surface area contributed by atoms with Crippen LogP contribution in [0.25, 0.3) is 0 Å². The largest absolute Gasteiger partial charge is 0.387 e. The molecular formula is C44H62O3. The van der Waals surface area contributed by atoms with Crippen molar-refractivity contribution in [2.45, 2.75) is 117 Å². The van der Waals surface area contributed by atoms with E-state index in [1.807, 2.05) is 72.9 Å². The van der Waals surface area contributed by atoms with E-state index in [4.69, 9.17) is 4.74 Å². The summed E-state index contributed by atoms with van der Waals surface area (Å²) >= 11 is 0. The van der Waals surface area contributed by atoms with Crippen LogP contribution in [0.3, 0.4) is 0 Å². The van der Waals surface area contributed by atoms with Gasteiger partial charge in [-0.05, 0) is 25.7 Å². The summed E-state index contributed by atoms with van der Waals surface area (Å²) in [6, 6.07) is 0. The van der Waals surface area contributed by atoms with Gasteiger partial charge in [-0.3, -0.25) is 0 Å². The van der Waals surface area contributed by atoms with E-state index in [0.717, 1.165) is 12.8 Å². The summed E-state index contributed by atoms with van der Waals surface area (Å²) in [5, 5.41) is 0. The van der Waals surface area contributed by atoms with Gasteiger partial charge in [-0.2, -0.15) is 0 Å². The van der Waals surface area contributed by atoms with Crippen molar-refractivity contribution in [3.63, 3.8) is 0 Å². The normalized spacial score (nSPS) is 13.4. The fourth-order valence-corrected chi connectivity index (χ4v) is 4.25. The average Bonchev–Trinajstić information content (AvgIpc) is 3.06. The lowest BCUT2D eigenvalue weighted by molar-refractivity contribution is -0.152. The average molecular weight is 639 g/mol. The lowest BCUT2D eigenvalue weighted by Crippen LogP contribution is -2.06. The summed E-state index contributed by atoms with van der Waals surface area (Å²) in [6.45, 7) is 4.51. The third-order valence-corrected chi connectivity index (χ3v) is 6.89. The molecule has 0 aromatic rings. The summed E-state index contributed by atoms with van der Waals surface area (Å²) in [5.41, 5.74) is 0. The Morgan fingerprint density at radius 2 is 0.596 bits per heavy atom. The maximum absolute atomic E-state index is 11.8. The van der Waals surface area contributed by atoms with Crippen molar-refractivity contribution in [1.82, 2.24) is 0 Å². The Hall–Kier alpha value is -3.98. The molecule has 3 nitrogen and oxygen atoms in total. The highest BCUT2D eigenvalue weighted by atomic mass is 16.6. The van der Waals surface area contributed by atoms with Crippen LogP contribution in [-0.2, 0) is 14.3 Å². The maximum Gasteiger partial charge on any atom is 0.338 e. The summed E-state index contributed by atoms with van der Waals surface area (Å²) < 4.78 is 4.72. The molecule has 0 saturated carbocycles. The number of unbranched alkanes of at least 4 members (excludes halogenated alkanes) is 14. The fourth-order valence-electron chi connectivity index (χ4n) is 4.25. The maximum atomic E-state index is 11.8. The van der Waals surface area contributed by atoms with Crippen molar-refractivity contribution in [1.29, 1.82) is 0 Å². The SMILES string of the molecule is CCCCCCCCCC=CC=CC=CC=CC=CC=CC(=O)OC(=O)C=CC=CC=CC=CC=CC=CCCCCCCCCC. The van der Waals surface area contributed by atoms with Gasteiger partial charge in [0.1, 0.15) is 0 Å². The molecule has 0 fully saturated rings. The first-order valence-corrected chi connectivity index (χ1v) is 18.0. The van der Waals surface area contributed by atoms with Crippen LogP contribution in [0.1, 0.15) is 117 Å². The van der Waals surface area contributed by atoms with Crippen molar-refractivity contribution in [2.75, 3.05) is 0 Å². The van der Waals surface area contributed by atoms with Crippen molar-refractivity contribution in [2.24, 2.45) is 0 Å². The van der Waals surface area contributed by atoms with E-state index in [2.05, 4.69) is 38.2 Å². The predicted molar refractivity (Wildman–Crippen MR) is 206 cm³/mol. The number of rotatable bonds is 28. The van der Waals surface area contributed by atoms with Crippen LogP contribution < -0.4 is 0 Å². The highest BCUT2D eigenvalue weighted by Gasteiger charge is 2.01. The van der Waals surface area contributed by atoms with Crippen LogP contribution in [0, 0.1) is 0 Å². The van der Waals surface area contributed by atoms with Crippen molar-refractivity contribution in [3.8, 4) is 0 Å². The smallest absolute Gasteiger partial charge is 0.338 e. The zero-order valence-corrected chi connectivity index (χ0v) is 29.4. The van der Waals surface area contributed by atoms with Gasteiger partial charge in [0, 0.05) is 12.2 Å². The molecule has 0 unspecified atom stereocenters. The second kappa shape index (κ2) is 38.2. The highest BCUT2D eigenvalue weighted by Crippen LogP contribution is 2.09. The van der Waals surface area contributed by atoms with Gasteiger partial charge in [0.25, 0.3) is 0 Å². The first kappa shape index (κ1) is 43.0. The highest BCUT2D eigenvalue weighted by molar-refractivity contribution is 5.96. The Morgan fingerprint density at radius 1 is 0.340 bits per heavy atom. The summed E-state index contributed by atoms with van der Waals surface area (Å²) in [4.78, 5) is 23.5. The van der Waals surface area contributed by atoms with Gasteiger partial charge in [-0.15, -0.1) is 0 Å². The Labute approximate surface area is 288 Å². The van der Waals surface area contributed by atoms with E-state index in [-0.39, 0.29) is 0 Å². The molecule has 0 aliphatic carbocycles. The van der Waals surface area contributed by atoms with E-state index in [0.29, 0.717) is 0 Å². The standard InChI is InChI=1S/C44H62O3/c1-3-5-7-9-11-13-15-17-19-21-23-25-27-29-31-33-35-37-39-41-43(45)47-44(46)42-40-38-36-34-32-30-28-26-24-22-20-18-16-14-12-10-8-6-4-2/h19-42H,3-18H2,1-2H3. The first-order chi connectivity index (χ1) is 23.2. The van der Waals surface area contributed by atoms with Gasteiger partial charge in [0.2, 0.25) is 0 Å². The van der Waals surface area contributed by atoms with Gasteiger partial charge in [0.05, 0.1) is 0 Å². The van der Waals surface area contributed by atoms with E-state index in [1.54, 1.807) is 24.3 Å². The Balaban J connectivity index is 3.96. The summed E-state index contributed by atoms with van der Waals surface area (Å²) in [5.74, 6) is -1.43. The van der Waals surface area contributed by atoms with Crippen LogP contribution >= 0.6 is 0 Å². The summed E-state index contributed by atoms with van der Waals surface area (Å²) in [6.07, 6.45) is 65.5. The van der Waals surface area contributed by atoms with Crippen molar-refractivity contribution in [3.05, 3.63) is 146 Å². The Kier molecular flexibility index (Phi) is 35.0. The van der Waals surface area contributed by atoms with Crippen LogP contribution in [-0.4, -0.2) is 11.9 Å². The number of hydrogen-bond acceptors (Lipinski definition) is 3. The number of hydrogen-bond donors (Lipinski definition) is 0. The first-order valence-electron chi connectivity index (χ1n) is 18.0. The molecule has 0 heterocycles. The predicted octanol–water partition coefficient (Wildman–Crippen LogP) is 13.0. The molecule has 0 bridgehead atoms. The number of carbonyl (C=O) groups is 2. The molecule has 0 aliphatic rings. The molecule has 0 radical (unpaired) electrons. The van der Waals surface area contributed by atoms with Crippen LogP contribution in [0.15, 0.2) is 146 Å². The van der Waals surface area contributed by atoms with Crippen molar-refractivity contribution >= 4 is 11.9 Å². The number of allylic oxidation sites excluding steroid dienone is 22. The van der Waals surface area contributed by atoms with Crippen molar-refractivity contribution < 1.29 is 14.3 Å². The van der Waals surface area contributed by atoms with E-state index in [9.17, 15) is 9.59 Å². The molecule has 0 saturated heterocycles. The molecule has 0 aliphatic heterocycles. The van der Waals surface area contributed by atoms with Crippen LogP contribution in [0.5, 0.6) is 0 Å². The van der Waals surface area contributed by atoms with Crippen LogP contribution in [0.4, 0.5) is 0 Å². The third-order valence-electron chi connectivity index (χ3n) is 6.89. The number of carbonyl (C=O) groups excluding carboxylic acids is 2. The number of esters is 2. The minimum absolute atomic E-state index is 0.715. The topological polar surface area (TPSA) is 43.4 Å². The van der Waals surface area contributed by atoms with Gasteiger partial charge in [-0.25, -0.2) is 9.59 Å². The Morgan fingerprint density at radius 3 is 0.915 bits per heavy atom. The van der Waals surface area contributed by atoms with E-state index < -0.39 is 11.9 Å². The summed E-state index contributed by atoms with van der Waals surface area (Å²) in [7, 11) is 0.